The summed E-state index contributed by atoms with van der Waals surface area (Å²) in [6.45, 7) is -0.0762. The number of halogens is 1. The van der Waals surface area contributed by atoms with E-state index in [0.29, 0.717) is 5.88 Å². The molecular formula is C8H13ClN2O2. The normalized spacial score (nSPS) is 11.6. The molecule has 74 valence electrons. The van der Waals surface area contributed by atoms with Gasteiger partial charge < -0.3 is 15.6 Å². The Morgan fingerprint density at radius 2 is 2.38 bits per heavy atom. The van der Waals surface area contributed by atoms with Gasteiger partial charge in [0.05, 0.1) is 19.8 Å². The molecule has 1 heterocycles. The maximum absolute atomic E-state index is 8.77. The van der Waals surface area contributed by atoms with Crippen molar-refractivity contribution >= 4 is 12.4 Å². The van der Waals surface area contributed by atoms with Crippen LogP contribution in [0.15, 0.2) is 18.3 Å². The van der Waals surface area contributed by atoms with Crippen molar-refractivity contribution in [1.29, 1.82) is 0 Å². The maximum Gasteiger partial charge on any atom is 0.213 e. The predicted molar refractivity (Wildman–Crippen MR) is 52.1 cm³/mol. The van der Waals surface area contributed by atoms with E-state index in [2.05, 4.69) is 4.98 Å². The lowest BCUT2D eigenvalue weighted by molar-refractivity contribution is 0.267. The molecular weight excluding hydrogens is 192 g/mol. The highest BCUT2D eigenvalue weighted by atomic mass is 35.5. The van der Waals surface area contributed by atoms with Crippen molar-refractivity contribution in [3.8, 4) is 5.88 Å². The Morgan fingerprint density at radius 3 is 2.92 bits per heavy atom. The van der Waals surface area contributed by atoms with Crippen LogP contribution in [0.1, 0.15) is 11.6 Å². The van der Waals surface area contributed by atoms with Crippen LogP contribution < -0.4 is 10.5 Å². The molecule has 0 aliphatic heterocycles. The molecule has 0 aliphatic carbocycles. The van der Waals surface area contributed by atoms with E-state index in [4.69, 9.17) is 15.6 Å². The molecule has 0 aliphatic rings. The number of aliphatic hydroxyl groups is 1. The Bertz CT molecular complexity index is 258. The summed E-state index contributed by atoms with van der Waals surface area (Å²) in [7, 11) is 1.54. The number of hydrogen-bond donors (Lipinski definition) is 2. The van der Waals surface area contributed by atoms with E-state index in [1.165, 1.54) is 7.11 Å². The molecule has 1 atom stereocenters. The van der Waals surface area contributed by atoms with E-state index in [9.17, 15) is 0 Å². The zero-order chi connectivity index (χ0) is 8.97. The largest absolute Gasteiger partial charge is 0.481 e. The zero-order valence-corrected chi connectivity index (χ0v) is 8.12. The van der Waals surface area contributed by atoms with Crippen molar-refractivity contribution in [3.05, 3.63) is 23.9 Å². The van der Waals surface area contributed by atoms with Crippen LogP contribution in [0.3, 0.4) is 0 Å². The van der Waals surface area contributed by atoms with E-state index in [1.807, 2.05) is 0 Å². The lowest BCUT2D eigenvalue weighted by atomic mass is 10.1. The topological polar surface area (TPSA) is 68.4 Å². The third-order valence-corrected chi connectivity index (χ3v) is 1.59. The monoisotopic (exact) mass is 204 g/mol. The molecule has 4 nitrogen and oxygen atoms in total. The molecule has 0 bridgehead atoms. The number of aliphatic hydroxyl groups excluding tert-OH is 1. The Morgan fingerprint density at radius 1 is 1.69 bits per heavy atom. The third kappa shape index (κ3) is 3.18. The van der Waals surface area contributed by atoms with Gasteiger partial charge in [-0.15, -0.1) is 12.4 Å². The van der Waals surface area contributed by atoms with E-state index in [0.717, 1.165) is 5.56 Å². The Hall–Kier alpha value is -0.840. The molecule has 0 saturated carbocycles. The average Bonchev–Trinajstić information content (AvgIpc) is 2.17. The number of pyridine rings is 1. The van der Waals surface area contributed by atoms with Crippen molar-refractivity contribution in [2.45, 2.75) is 6.04 Å². The van der Waals surface area contributed by atoms with Crippen LogP contribution in [0.4, 0.5) is 0 Å². The standard InChI is InChI=1S/C8H12N2O2.ClH/c1-12-8-4-6(2-3-10-8)7(9)5-11;/h2-4,7,11H,5,9H2,1H3;1H/t7-;/m0./s1. The summed E-state index contributed by atoms with van der Waals surface area (Å²) in [5.74, 6) is 0.511. The molecule has 5 heteroatoms. The molecule has 0 saturated heterocycles. The van der Waals surface area contributed by atoms with Crippen molar-refractivity contribution in [2.75, 3.05) is 13.7 Å². The van der Waals surface area contributed by atoms with Crippen LogP contribution >= 0.6 is 12.4 Å². The van der Waals surface area contributed by atoms with Crippen molar-refractivity contribution < 1.29 is 9.84 Å². The molecule has 0 spiro atoms. The van der Waals surface area contributed by atoms with Gasteiger partial charge in [0.15, 0.2) is 0 Å². The van der Waals surface area contributed by atoms with Crippen molar-refractivity contribution in [3.63, 3.8) is 0 Å². The first-order valence-corrected chi connectivity index (χ1v) is 3.64. The van der Waals surface area contributed by atoms with Gasteiger partial charge in [-0.3, -0.25) is 0 Å². The second-order valence-electron chi connectivity index (χ2n) is 2.42. The van der Waals surface area contributed by atoms with Crippen LogP contribution in [-0.2, 0) is 0 Å². The summed E-state index contributed by atoms with van der Waals surface area (Å²) in [5.41, 5.74) is 6.41. The predicted octanol–water partition coefficient (Wildman–Crippen LogP) is 0.504. The second-order valence-corrected chi connectivity index (χ2v) is 2.42. The summed E-state index contributed by atoms with van der Waals surface area (Å²) < 4.78 is 4.90. The minimum atomic E-state index is -0.359. The lowest BCUT2D eigenvalue weighted by Crippen LogP contribution is -2.14. The molecule has 1 rings (SSSR count). The van der Waals surface area contributed by atoms with E-state index in [1.54, 1.807) is 18.3 Å². The van der Waals surface area contributed by atoms with Gasteiger partial charge in [-0.25, -0.2) is 4.98 Å². The van der Waals surface area contributed by atoms with Gasteiger partial charge in [0.1, 0.15) is 0 Å². The zero-order valence-electron chi connectivity index (χ0n) is 7.30. The Kier molecular flexibility index (Phi) is 5.37. The number of rotatable bonds is 3. The van der Waals surface area contributed by atoms with Crippen LogP contribution in [0.5, 0.6) is 5.88 Å². The van der Waals surface area contributed by atoms with Gasteiger partial charge in [-0.05, 0) is 11.6 Å². The maximum atomic E-state index is 8.77. The van der Waals surface area contributed by atoms with Gasteiger partial charge in [-0.2, -0.15) is 0 Å². The first-order chi connectivity index (χ1) is 5.77. The smallest absolute Gasteiger partial charge is 0.213 e. The quantitative estimate of drug-likeness (QED) is 0.753. The van der Waals surface area contributed by atoms with E-state index < -0.39 is 0 Å². The molecule has 0 aromatic carbocycles. The number of methoxy groups -OCH3 is 1. The second kappa shape index (κ2) is 5.75. The molecule has 1 aromatic heterocycles. The van der Waals surface area contributed by atoms with Gasteiger partial charge in [0.25, 0.3) is 0 Å². The molecule has 0 fully saturated rings. The van der Waals surface area contributed by atoms with Gasteiger partial charge in [0, 0.05) is 12.3 Å². The number of aromatic nitrogens is 1. The van der Waals surface area contributed by atoms with Crippen LogP contribution in [0.2, 0.25) is 0 Å². The highest BCUT2D eigenvalue weighted by Gasteiger charge is 2.04. The number of nitrogens with two attached hydrogens (primary N) is 1. The van der Waals surface area contributed by atoms with Crippen molar-refractivity contribution in [1.82, 2.24) is 4.98 Å². The highest BCUT2D eigenvalue weighted by Crippen LogP contribution is 2.13. The fourth-order valence-corrected chi connectivity index (χ4v) is 0.872. The SMILES string of the molecule is COc1cc([C@@H](N)CO)ccn1.Cl. The van der Waals surface area contributed by atoms with E-state index >= 15 is 0 Å². The fourth-order valence-electron chi connectivity index (χ4n) is 0.872. The number of nitrogens with zero attached hydrogens (tertiary/aromatic N) is 1. The first-order valence-electron chi connectivity index (χ1n) is 3.64. The summed E-state index contributed by atoms with van der Waals surface area (Å²) in [5, 5.41) is 8.77. The number of hydrogen-bond acceptors (Lipinski definition) is 4. The molecule has 0 amide bonds. The van der Waals surface area contributed by atoms with E-state index in [-0.39, 0.29) is 25.1 Å². The molecule has 3 N–H and O–H groups in total. The van der Waals surface area contributed by atoms with Crippen LogP contribution in [0.25, 0.3) is 0 Å². The number of ether oxygens (including phenoxy) is 1. The Balaban J connectivity index is 0.00000144. The van der Waals surface area contributed by atoms with Crippen LogP contribution in [-0.4, -0.2) is 23.8 Å². The molecule has 13 heavy (non-hydrogen) atoms. The fraction of sp³-hybridized carbons (Fsp3) is 0.375. The minimum absolute atomic E-state index is 0. The third-order valence-electron chi connectivity index (χ3n) is 1.59. The summed E-state index contributed by atoms with van der Waals surface area (Å²) >= 11 is 0. The summed E-state index contributed by atoms with van der Waals surface area (Å²) in [6, 6.07) is 3.10. The summed E-state index contributed by atoms with van der Waals surface area (Å²) in [4.78, 5) is 3.92. The minimum Gasteiger partial charge on any atom is -0.481 e. The summed E-state index contributed by atoms with van der Waals surface area (Å²) in [6.07, 6.45) is 1.60. The Labute approximate surface area is 83.1 Å². The van der Waals surface area contributed by atoms with Gasteiger partial charge in [0.2, 0.25) is 5.88 Å². The van der Waals surface area contributed by atoms with Gasteiger partial charge >= 0.3 is 0 Å². The first kappa shape index (κ1) is 12.2. The molecule has 1 aromatic rings. The average molecular weight is 205 g/mol. The highest BCUT2D eigenvalue weighted by molar-refractivity contribution is 5.85. The van der Waals surface area contributed by atoms with Gasteiger partial charge in [-0.1, -0.05) is 0 Å². The molecule has 0 unspecified atom stereocenters. The lowest BCUT2D eigenvalue weighted by Gasteiger charge is -2.08. The van der Waals surface area contributed by atoms with Crippen LogP contribution in [0, 0.1) is 0 Å². The van der Waals surface area contributed by atoms with Crippen molar-refractivity contribution in [2.24, 2.45) is 5.73 Å². The molecule has 0 radical (unpaired) electrons.